The first-order valence-electron chi connectivity index (χ1n) is 10.0. The van der Waals surface area contributed by atoms with E-state index in [4.69, 9.17) is 4.98 Å². The first-order chi connectivity index (χ1) is 12.3. The van der Waals surface area contributed by atoms with E-state index in [1.54, 1.807) is 0 Å². The van der Waals surface area contributed by atoms with Crippen LogP contribution in [0.3, 0.4) is 0 Å². The molecule has 0 N–H and O–H groups in total. The SMILES string of the molecule is Cc1c(C(C)(CC2=CCC(C)C=C2)CC(C)C)cnc2c(C)cccc12. The molecule has 0 saturated heterocycles. The molecule has 1 heterocycles. The minimum absolute atomic E-state index is 0.111. The predicted molar refractivity (Wildman–Crippen MR) is 114 cm³/mol. The maximum absolute atomic E-state index is 4.88. The molecule has 138 valence electrons. The quantitative estimate of drug-likeness (QED) is 0.563. The summed E-state index contributed by atoms with van der Waals surface area (Å²) in [6, 6.07) is 6.54. The molecule has 0 spiro atoms. The molecular weight excluding hydrogens is 314 g/mol. The molecule has 2 unspecified atom stereocenters. The van der Waals surface area contributed by atoms with Gasteiger partial charge in [0.25, 0.3) is 0 Å². The number of hydrogen-bond donors (Lipinski definition) is 0. The van der Waals surface area contributed by atoms with Gasteiger partial charge in [0.05, 0.1) is 5.52 Å². The van der Waals surface area contributed by atoms with E-state index in [0.717, 1.165) is 18.4 Å². The van der Waals surface area contributed by atoms with Gasteiger partial charge in [0.1, 0.15) is 0 Å². The van der Waals surface area contributed by atoms with Crippen LogP contribution in [-0.2, 0) is 5.41 Å². The molecule has 1 nitrogen and oxygen atoms in total. The number of aryl methyl sites for hydroxylation is 2. The van der Waals surface area contributed by atoms with Crippen LogP contribution in [0.1, 0.15) is 63.6 Å². The van der Waals surface area contributed by atoms with Crippen LogP contribution in [0.2, 0.25) is 0 Å². The van der Waals surface area contributed by atoms with Crippen molar-refractivity contribution in [3.63, 3.8) is 0 Å². The number of rotatable bonds is 5. The number of para-hydroxylation sites is 1. The van der Waals surface area contributed by atoms with Crippen molar-refractivity contribution in [2.75, 3.05) is 0 Å². The van der Waals surface area contributed by atoms with Crippen LogP contribution < -0.4 is 0 Å². The standard InChI is InChI=1S/C25H33N/c1-17(2)14-25(6,15-21-12-10-18(3)11-13-21)23-16-26-24-19(4)8-7-9-22(24)20(23)5/h7-10,12-13,16-18H,11,14-15H2,1-6H3. The Morgan fingerprint density at radius 1 is 1.23 bits per heavy atom. The second kappa shape index (κ2) is 7.39. The van der Waals surface area contributed by atoms with Crippen molar-refractivity contribution in [2.24, 2.45) is 11.8 Å². The zero-order valence-electron chi connectivity index (χ0n) is 17.3. The minimum atomic E-state index is 0.111. The molecule has 3 rings (SSSR count). The molecule has 0 radical (unpaired) electrons. The third-order valence-electron chi connectivity index (χ3n) is 5.86. The second-order valence-corrected chi connectivity index (χ2v) is 8.95. The molecule has 1 aromatic carbocycles. The van der Waals surface area contributed by atoms with Crippen molar-refractivity contribution in [2.45, 2.75) is 66.2 Å². The summed E-state index contributed by atoms with van der Waals surface area (Å²) in [5, 5.41) is 1.30. The lowest BCUT2D eigenvalue weighted by atomic mass is 9.70. The first kappa shape index (κ1) is 18.9. The Balaban J connectivity index is 2.06. The van der Waals surface area contributed by atoms with Crippen molar-refractivity contribution in [1.82, 2.24) is 4.98 Å². The molecule has 0 amide bonds. The number of allylic oxidation sites excluding steroid dienone is 4. The van der Waals surface area contributed by atoms with E-state index < -0.39 is 0 Å². The van der Waals surface area contributed by atoms with Crippen molar-refractivity contribution in [1.29, 1.82) is 0 Å². The predicted octanol–water partition coefficient (Wildman–Crippen LogP) is 7.07. The van der Waals surface area contributed by atoms with Crippen molar-refractivity contribution < 1.29 is 0 Å². The van der Waals surface area contributed by atoms with Crippen LogP contribution in [0.5, 0.6) is 0 Å². The van der Waals surface area contributed by atoms with Crippen LogP contribution in [0.4, 0.5) is 0 Å². The fourth-order valence-electron chi connectivity index (χ4n) is 4.64. The minimum Gasteiger partial charge on any atom is -0.256 e. The van der Waals surface area contributed by atoms with Gasteiger partial charge < -0.3 is 0 Å². The number of nitrogens with zero attached hydrogens (tertiary/aromatic N) is 1. The normalized spacial score (nSPS) is 19.7. The largest absolute Gasteiger partial charge is 0.256 e. The third-order valence-corrected chi connectivity index (χ3v) is 5.86. The van der Waals surface area contributed by atoms with Crippen molar-refractivity contribution in [3.8, 4) is 0 Å². The molecule has 1 aliphatic rings. The molecule has 1 aliphatic carbocycles. The lowest BCUT2D eigenvalue weighted by molar-refractivity contribution is 0.364. The molecule has 2 atom stereocenters. The summed E-state index contributed by atoms with van der Waals surface area (Å²) in [6.45, 7) is 13.8. The summed E-state index contributed by atoms with van der Waals surface area (Å²) >= 11 is 0. The first-order valence-corrected chi connectivity index (χ1v) is 10.0. The van der Waals surface area contributed by atoms with Gasteiger partial charge >= 0.3 is 0 Å². The van der Waals surface area contributed by atoms with E-state index >= 15 is 0 Å². The highest BCUT2D eigenvalue weighted by molar-refractivity contribution is 5.85. The van der Waals surface area contributed by atoms with Gasteiger partial charge in [-0.15, -0.1) is 0 Å². The number of aromatic nitrogens is 1. The molecule has 0 fully saturated rings. The van der Waals surface area contributed by atoms with E-state index in [9.17, 15) is 0 Å². The fraction of sp³-hybridized carbons (Fsp3) is 0.480. The van der Waals surface area contributed by atoms with Crippen LogP contribution in [0.15, 0.2) is 48.2 Å². The lowest BCUT2D eigenvalue weighted by Gasteiger charge is -2.35. The number of hydrogen-bond acceptors (Lipinski definition) is 1. The summed E-state index contributed by atoms with van der Waals surface area (Å²) in [7, 11) is 0. The molecule has 0 aliphatic heterocycles. The van der Waals surface area contributed by atoms with Gasteiger partial charge in [-0.2, -0.15) is 0 Å². The Morgan fingerprint density at radius 3 is 2.65 bits per heavy atom. The Morgan fingerprint density at radius 2 is 2.00 bits per heavy atom. The average Bonchev–Trinajstić information content (AvgIpc) is 2.57. The van der Waals surface area contributed by atoms with Gasteiger partial charge in [-0.05, 0) is 67.1 Å². The molecule has 0 saturated carbocycles. The Kier molecular flexibility index (Phi) is 5.37. The Labute approximate surface area is 159 Å². The lowest BCUT2D eigenvalue weighted by Crippen LogP contribution is -2.26. The smallest absolute Gasteiger partial charge is 0.0733 e. The van der Waals surface area contributed by atoms with Gasteiger partial charge in [0, 0.05) is 11.6 Å². The zero-order chi connectivity index (χ0) is 18.9. The molecule has 0 bridgehead atoms. The fourth-order valence-corrected chi connectivity index (χ4v) is 4.64. The summed E-state index contributed by atoms with van der Waals surface area (Å²) in [6.07, 6.45) is 12.7. The van der Waals surface area contributed by atoms with Crippen LogP contribution in [-0.4, -0.2) is 4.98 Å². The summed E-state index contributed by atoms with van der Waals surface area (Å²) in [5.74, 6) is 1.32. The third kappa shape index (κ3) is 3.77. The van der Waals surface area contributed by atoms with Gasteiger partial charge in [-0.1, -0.05) is 69.7 Å². The van der Waals surface area contributed by atoms with E-state index in [0.29, 0.717) is 11.8 Å². The Bertz CT molecular complexity index is 856. The molecule has 1 aromatic heterocycles. The highest BCUT2D eigenvalue weighted by Gasteiger charge is 2.31. The molecule has 26 heavy (non-hydrogen) atoms. The van der Waals surface area contributed by atoms with E-state index in [-0.39, 0.29) is 5.41 Å². The number of benzene rings is 1. The zero-order valence-corrected chi connectivity index (χ0v) is 17.3. The number of pyridine rings is 1. The average molecular weight is 348 g/mol. The van der Waals surface area contributed by atoms with Crippen molar-refractivity contribution in [3.05, 3.63) is 64.9 Å². The Hall–Kier alpha value is -1.89. The highest BCUT2D eigenvalue weighted by Crippen LogP contribution is 2.41. The van der Waals surface area contributed by atoms with E-state index in [2.05, 4.69) is 84.2 Å². The monoisotopic (exact) mass is 347 g/mol. The summed E-state index contributed by atoms with van der Waals surface area (Å²) in [4.78, 5) is 4.88. The van der Waals surface area contributed by atoms with Gasteiger partial charge in [0.15, 0.2) is 0 Å². The summed E-state index contributed by atoms with van der Waals surface area (Å²) in [5.41, 5.74) is 6.81. The van der Waals surface area contributed by atoms with Gasteiger partial charge in [-0.3, -0.25) is 4.98 Å². The topological polar surface area (TPSA) is 12.9 Å². The van der Waals surface area contributed by atoms with E-state index in [1.807, 2.05) is 0 Å². The molecule has 2 aromatic rings. The van der Waals surface area contributed by atoms with Gasteiger partial charge in [0.2, 0.25) is 0 Å². The van der Waals surface area contributed by atoms with Gasteiger partial charge in [-0.25, -0.2) is 0 Å². The highest BCUT2D eigenvalue weighted by atomic mass is 14.7. The van der Waals surface area contributed by atoms with Crippen molar-refractivity contribution >= 4 is 10.9 Å². The second-order valence-electron chi connectivity index (χ2n) is 8.95. The van der Waals surface area contributed by atoms with E-state index in [1.165, 1.54) is 34.1 Å². The maximum atomic E-state index is 4.88. The molecular formula is C25H33N. The number of fused-ring (bicyclic) bond motifs is 1. The van der Waals surface area contributed by atoms with Crippen LogP contribution in [0, 0.1) is 25.7 Å². The van der Waals surface area contributed by atoms with Crippen LogP contribution >= 0.6 is 0 Å². The van der Waals surface area contributed by atoms with Crippen LogP contribution in [0.25, 0.3) is 10.9 Å². The maximum Gasteiger partial charge on any atom is 0.0733 e. The molecule has 1 heteroatoms. The summed E-state index contributed by atoms with van der Waals surface area (Å²) < 4.78 is 0.